The third kappa shape index (κ3) is 3.67. The van der Waals surface area contributed by atoms with Crippen LogP contribution in [0, 0.1) is 5.92 Å². The average Bonchev–Trinajstić information content (AvgIpc) is 3.09. The number of aryl methyl sites for hydroxylation is 2. The highest BCUT2D eigenvalue weighted by Gasteiger charge is 2.28. The van der Waals surface area contributed by atoms with Crippen molar-refractivity contribution in [3.63, 3.8) is 0 Å². The van der Waals surface area contributed by atoms with Gasteiger partial charge in [0.15, 0.2) is 0 Å². The highest BCUT2D eigenvalue weighted by molar-refractivity contribution is 5.93. The first kappa shape index (κ1) is 16.3. The molecule has 0 saturated carbocycles. The van der Waals surface area contributed by atoms with Gasteiger partial charge in [-0.3, -0.25) is 9.59 Å². The number of amides is 1. The first-order valence-corrected chi connectivity index (χ1v) is 8.36. The van der Waals surface area contributed by atoms with Gasteiger partial charge in [-0.05, 0) is 37.0 Å². The number of aromatic nitrogens is 1. The first-order valence-electron chi connectivity index (χ1n) is 8.36. The number of piperidine rings is 1. The van der Waals surface area contributed by atoms with Gasteiger partial charge in [0.1, 0.15) is 5.69 Å². The number of carboxylic acids is 1. The molecule has 0 spiro atoms. The van der Waals surface area contributed by atoms with Crippen LogP contribution >= 0.6 is 0 Å². The van der Waals surface area contributed by atoms with Crippen molar-refractivity contribution in [3.05, 3.63) is 59.9 Å². The van der Waals surface area contributed by atoms with Gasteiger partial charge in [-0.2, -0.15) is 0 Å². The molecule has 1 aromatic carbocycles. The van der Waals surface area contributed by atoms with Gasteiger partial charge in [0.25, 0.3) is 5.91 Å². The Morgan fingerprint density at radius 3 is 2.42 bits per heavy atom. The number of aliphatic carboxylic acids is 1. The predicted octanol–water partition coefficient (Wildman–Crippen LogP) is 2.67. The third-order valence-corrected chi connectivity index (χ3v) is 4.66. The lowest BCUT2D eigenvalue weighted by molar-refractivity contribution is -0.143. The molecule has 1 aromatic heterocycles. The Morgan fingerprint density at radius 2 is 1.75 bits per heavy atom. The van der Waals surface area contributed by atoms with Gasteiger partial charge < -0.3 is 14.6 Å². The van der Waals surface area contributed by atoms with E-state index in [1.807, 2.05) is 41.1 Å². The standard InChI is InChI=1S/C19H22N2O3/c22-18(21-13-9-16(10-14-21)19(23)24)17-7-4-11-20(17)12-8-15-5-2-1-3-6-15/h1-7,11,16H,8-10,12-14H2,(H,23,24). The Morgan fingerprint density at radius 1 is 1.04 bits per heavy atom. The normalized spacial score (nSPS) is 15.4. The lowest BCUT2D eigenvalue weighted by Crippen LogP contribution is -2.41. The van der Waals surface area contributed by atoms with E-state index in [-0.39, 0.29) is 11.8 Å². The van der Waals surface area contributed by atoms with Crippen LogP contribution in [0.2, 0.25) is 0 Å². The number of carbonyl (C=O) groups is 2. The molecule has 0 atom stereocenters. The Kier molecular flexibility index (Phi) is 4.99. The maximum Gasteiger partial charge on any atom is 0.306 e. The van der Waals surface area contributed by atoms with E-state index in [4.69, 9.17) is 5.11 Å². The number of benzene rings is 1. The minimum absolute atomic E-state index is 0.00287. The molecule has 1 aliphatic rings. The Hall–Kier alpha value is -2.56. The SMILES string of the molecule is O=C(O)C1CCN(C(=O)c2cccn2CCc2ccccc2)CC1. The molecule has 0 aliphatic carbocycles. The van der Waals surface area contributed by atoms with Crippen LogP contribution in [-0.2, 0) is 17.8 Å². The van der Waals surface area contributed by atoms with Crippen molar-refractivity contribution in [1.29, 1.82) is 0 Å². The van der Waals surface area contributed by atoms with Crippen molar-refractivity contribution in [3.8, 4) is 0 Å². The van der Waals surface area contributed by atoms with Crippen molar-refractivity contribution < 1.29 is 14.7 Å². The van der Waals surface area contributed by atoms with Crippen LogP contribution in [-0.4, -0.2) is 39.5 Å². The van der Waals surface area contributed by atoms with Crippen LogP contribution in [0.25, 0.3) is 0 Å². The molecule has 0 bridgehead atoms. The second-order valence-corrected chi connectivity index (χ2v) is 6.23. The summed E-state index contributed by atoms with van der Waals surface area (Å²) in [7, 11) is 0. The van der Waals surface area contributed by atoms with Crippen LogP contribution in [0.5, 0.6) is 0 Å². The predicted molar refractivity (Wildman–Crippen MR) is 90.8 cm³/mol. The summed E-state index contributed by atoms with van der Waals surface area (Å²) < 4.78 is 1.98. The first-order chi connectivity index (χ1) is 11.6. The van der Waals surface area contributed by atoms with Crippen molar-refractivity contribution >= 4 is 11.9 Å². The highest BCUT2D eigenvalue weighted by atomic mass is 16.4. The van der Waals surface area contributed by atoms with Crippen LogP contribution in [0.1, 0.15) is 28.9 Å². The van der Waals surface area contributed by atoms with Crippen LogP contribution < -0.4 is 0 Å². The summed E-state index contributed by atoms with van der Waals surface area (Å²) in [6, 6.07) is 13.9. The van der Waals surface area contributed by atoms with Crippen LogP contribution in [0.3, 0.4) is 0 Å². The van der Waals surface area contributed by atoms with E-state index in [1.54, 1.807) is 4.90 Å². The molecule has 5 nitrogen and oxygen atoms in total. The second-order valence-electron chi connectivity index (χ2n) is 6.23. The molecule has 2 aromatic rings. The molecule has 0 unspecified atom stereocenters. The van der Waals surface area contributed by atoms with E-state index in [9.17, 15) is 9.59 Å². The van der Waals surface area contributed by atoms with Crippen molar-refractivity contribution in [1.82, 2.24) is 9.47 Å². The molecule has 2 heterocycles. The van der Waals surface area contributed by atoms with Gasteiger partial charge in [-0.15, -0.1) is 0 Å². The minimum atomic E-state index is -0.756. The van der Waals surface area contributed by atoms with E-state index in [0.717, 1.165) is 13.0 Å². The van der Waals surface area contributed by atoms with Crippen molar-refractivity contribution in [2.45, 2.75) is 25.8 Å². The molecule has 0 radical (unpaired) electrons. The molecular weight excluding hydrogens is 304 g/mol. The molecule has 1 amide bonds. The number of likely N-dealkylation sites (tertiary alicyclic amines) is 1. The molecular formula is C19H22N2O3. The minimum Gasteiger partial charge on any atom is -0.481 e. The Labute approximate surface area is 141 Å². The number of carbonyl (C=O) groups excluding carboxylic acids is 1. The molecule has 5 heteroatoms. The van der Waals surface area contributed by atoms with Crippen molar-refractivity contribution in [2.24, 2.45) is 5.92 Å². The summed E-state index contributed by atoms with van der Waals surface area (Å²) >= 11 is 0. The summed E-state index contributed by atoms with van der Waals surface area (Å²) in [5, 5.41) is 9.06. The summed E-state index contributed by atoms with van der Waals surface area (Å²) in [6.07, 6.45) is 3.87. The number of carboxylic acid groups (broad SMARTS) is 1. The summed E-state index contributed by atoms with van der Waals surface area (Å²) in [6.45, 7) is 1.78. The van der Waals surface area contributed by atoms with Gasteiger partial charge >= 0.3 is 5.97 Å². The van der Waals surface area contributed by atoms with Crippen molar-refractivity contribution in [2.75, 3.05) is 13.1 Å². The summed E-state index contributed by atoms with van der Waals surface area (Å²) in [4.78, 5) is 25.5. The number of rotatable bonds is 5. The molecule has 1 saturated heterocycles. The maximum atomic E-state index is 12.7. The zero-order valence-corrected chi connectivity index (χ0v) is 13.6. The zero-order valence-electron chi connectivity index (χ0n) is 13.6. The molecule has 1 fully saturated rings. The zero-order chi connectivity index (χ0) is 16.9. The van der Waals surface area contributed by atoms with E-state index >= 15 is 0 Å². The molecule has 1 aliphatic heterocycles. The van der Waals surface area contributed by atoms with Crippen LogP contribution in [0.15, 0.2) is 48.7 Å². The molecule has 24 heavy (non-hydrogen) atoms. The van der Waals surface area contributed by atoms with Gasteiger partial charge in [0.05, 0.1) is 5.92 Å². The third-order valence-electron chi connectivity index (χ3n) is 4.66. The van der Waals surface area contributed by atoms with Gasteiger partial charge in [0.2, 0.25) is 0 Å². The van der Waals surface area contributed by atoms with Gasteiger partial charge in [-0.25, -0.2) is 0 Å². The largest absolute Gasteiger partial charge is 0.481 e. The van der Waals surface area contributed by atoms with E-state index in [0.29, 0.717) is 31.6 Å². The van der Waals surface area contributed by atoms with Crippen LogP contribution in [0.4, 0.5) is 0 Å². The number of hydrogen-bond acceptors (Lipinski definition) is 2. The van der Waals surface area contributed by atoms with Gasteiger partial charge in [-0.1, -0.05) is 30.3 Å². The van der Waals surface area contributed by atoms with E-state index in [1.165, 1.54) is 5.56 Å². The molecule has 1 N–H and O–H groups in total. The van der Waals surface area contributed by atoms with E-state index < -0.39 is 5.97 Å². The summed E-state index contributed by atoms with van der Waals surface area (Å²) in [5.74, 6) is -1.08. The molecule has 126 valence electrons. The molecule has 3 rings (SSSR count). The fourth-order valence-electron chi connectivity index (χ4n) is 3.19. The fourth-order valence-corrected chi connectivity index (χ4v) is 3.19. The monoisotopic (exact) mass is 326 g/mol. The highest BCUT2D eigenvalue weighted by Crippen LogP contribution is 2.19. The smallest absolute Gasteiger partial charge is 0.306 e. The number of hydrogen-bond donors (Lipinski definition) is 1. The Balaban J connectivity index is 1.62. The Bertz CT molecular complexity index is 700. The quantitative estimate of drug-likeness (QED) is 0.919. The fraction of sp³-hybridized carbons (Fsp3) is 0.368. The topological polar surface area (TPSA) is 62.5 Å². The van der Waals surface area contributed by atoms with Gasteiger partial charge in [0, 0.05) is 25.8 Å². The lowest BCUT2D eigenvalue weighted by Gasteiger charge is -2.30. The lowest BCUT2D eigenvalue weighted by atomic mass is 9.97. The second kappa shape index (κ2) is 7.34. The number of nitrogens with zero attached hydrogens (tertiary/aromatic N) is 2. The van der Waals surface area contributed by atoms with E-state index in [2.05, 4.69) is 12.1 Å². The summed E-state index contributed by atoms with van der Waals surface area (Å²) in [5.41, 5.74) is 1.92. The average molecular weight is 326 g/mol. The maximum absolute atomic E-state index is 12.7.